The Labute approximate surface area is 155 Å². The second kappa shape index (κ2) is 6.77. The molecule has 2 rings (SSSR count). The van der Waals surface area contributed by atoms with Crippen molar-refractivity contribution in [3.05, 3.63) is 39.9 Å². The van der Waals surface area contributed by atoms with E-state index in [4.69, 9.17) is 0 Å². The molecule has 5 nitrogen and oxygen atoms in total. The number of anilines is 1. The normalized spacial score (nSPS) is 11.0. The molecule has 0 aliphatic rings. The Bertz CT molecular complexity index is 893. The van der Waals surface area contributed by atoms with Crippen molar-refractivity contribution < 1.29 is 15.0 Å². The van der Waals surface area contributed by atoms with Crippen LogP contribution >= 0.6 is 15.9 Å². The number of carbonyl (C=O) groups excluding carboxylic acids is 1. The summed E-state index contributed by atoms with van der Waals surface area (Å²) in [5.74, 6) is -0.458. The van der Waals surface area contributed by atoms with Crippen molar-refractivity contribution in [1.82, 2.24) is 0 Å². The highest BCUT2D eigenvalue weighted by Gasteiger charge is 2.27. The van der Waals surface area contributed by atoms with Gasteiger partial charge in [-0.15, -0.1) is 0 Å². The maximum absolute atomic E-state index is 12.3. The molecular weight excluding hydrogens is 384 g/mol. The van der Waals surface area contributed by atoms with Crippen molar-refractivity contribution in [2.45, 2.75) is 27.7 Å². The maximum Gasteiger partial charge on any atom is 0.229 e. The number of halogens is 1. The number of rotatable bonds is 2. The molecule has 130 valence electrons. The number of benzene rings is 2. The van der Waals surface area contributed by atoms with Gasteiger partial charge in [0.1, 0.15) is 17.5 Å². The first-order valence-corrected chi connectivity index (χ1v) is 8.43. The summed E-state index contributed by atoms with van der Waals surface area (Å²) in [6.45, 7) is 6.96. The Morgan fingerprint density at radius 2 is 1.92 bits per heavy atom. The molecule has 0 saturated heterocycles. The summed E-state index contributed by atoms with van der Waals surface area (Å²) in [5, 5.41) is 32.5. The van der Waals surface area contributed by atoms with Crippen LogP contribution in [0, 0.1) is 23.7 Å². The Hall–Kier alpha value is -2.52. The van der Waals surface area contributed by atoms with Gasteiger partial charge in [-0.05, 0) is 46.1 Å². The Kier molecular flexibility index (Phi) is 5.09. The summed E-state index contributed by atoms with van der Waals surface area (Å²) >= 11 is 3.35. The van der Waals surface area contributed by atoms with Crippen LogP contribution in [-0.4, -0.2) is 16.1 Å². The van der Waals surface area contributed by atoms with Gasteiger partial charge in [-0.1, -0.05) is 32.9 Å². The molecule has 0 saturated carbocycles. The van der Waals surface area contributed by atoms with Gasteiger partial charge in [0, 0.05) is 11.0 Å². The highest BCUT2D eigenvalue weighted by atomic mass is 79.9. The lowest BCUT2D eigenvalue weighted by Crippen LogP contribution is -2.28. The van der Waals surface area contributed by atoms with Gasteiger partial charge in [0.2, 0.25) is 5.91 Å². The fourth-order valence-corrected chi connectivity index (χ4v) is 3.12. The van der Waals surface area contributed by atoms with Crippen LogP contribution in [0.5, 0.6) is 11.5 Å². The fraction of sp³-hybridized carbons (Fsp3) is 0.263. The summed E-state index contributed by atoms with van der Waals surface area (Å²) in [4.78, 5) is 12.3. The molecule has 0 fully saturated rings. The van der Waals surface area contributed by atoms with Gasteiger partial charge in [0.25, 0.3) is 0 Å². The van der Waals surface area contributed by atoms with Gasteiger partial charge in [-0.2, -0.15) is 5.26 Å². The molecule has 0 heterocycles. The predicted molar refractivity (Wildman–Crippen MR) is 100 cm³/mol. The summed E-state index contributed by atoms with van der Waals surface area (Å²) in [6.07, 6.45) is 0. The van der Waals surface area contributed by atoms with Gasteiger partial charge in [0.15, 0.2) is 5.75 Å². The van der Waals surface area contributed by atoms with Crippen molar-refractivity contribution in [3.8, 4) is 28.7 Å². The van der Waals surface area contributed by atoms with Crippen LogP contribution in [0.1, 0.15) is 31.9 Å². The highest BCUT2D eigenvalue weighted by molar-refractivity contribution is 9.10. The monoisotopic (exact) mass is 402 g/mol. The first-order chi connectivity index (χ1) is 11.6. The molecular formula is C19H19BrN2O3. The minimum Gasteiger partial charge on any atom is -0.508 e. The second-order valence-corrected chi connectivity index (χ2v) is 7.57. The van der Waals surface area contributed by atoms with Gasteiger partial charge in [0.05, 0.1) is 10.0 Å². The number of phenols is 2. The first kappa shape index (κ1) is 18.8. The fourth-order valence-electron chi connectivity index (χ4n) is 2.39. The van der Waals surface area contributed by atoms with E-state index in [0.29, 0.717) is 21.2 Å². The van der Waals surface area contributed by atoms with Crippen LogP contribution in [0.3, 0.4) is 0 Å². The van der Waals surface area contributed by atoms with Crippen LogP contribution in [0.15, 0.2) is 28.7 Å². The minimum absolute atomic E-state index is 0.0758. The van der Waals surface area contributed by atoms with Crippen molar-refractivity contribution in [2.24, 2.45) is 5.41 Å². The molecule has 6 heteroatoms. The Morgan fingerprint density at radius 1 is 1.28 bits per heavy atom. The number of phenolic OH excluding ortho intramolecular Hbond substituents is 2. The van der Waals surface area contributed by atoms with Crippen LogP contribution < -0.4 is 5.32 Å². The number of carbonyl (C=O) groups is 1. The van der Waals surface area contributed by atoms with Gasteiger partial charge < -0.3 is 15.5 Å². The van der Waals surface area contributed by atoms with E-state index >= 15 is 0 Å². The smallest absolute Gasteiger partial charge is 0.229 e. The minimum atomic E-state index is -0.677. The third-order valence-corrected chi connectivity index (χ3v) is 4.60. The molecule has 0 spiro atoms. The van der Waals surface area contributed by atoms with Crippen molar-refractivity contribution in [1.29, 1.82) is 5.26 Å². The van der Waals surface area contributed by atoms with Crippen LogP contribution in [-0.2, 0) is 4.79 Å². The molecule has 3 N–H and O–H groups in total. The lowest BCUT2D eigenvalue weighted by atomic mass is 9.92. The highest BCUT2D eigenvalue weighted by Crippen LogP contribution is 2.45. The van der Waals surface area contributed by atoms with Crippen molar-refractivity contribution >= 4 is 27.5 Å². The van der Waals surface area contributed by atoms with Crippen molar-refractivity contribution in [3.63, 3.8) is 0 Å². The van der Waals surface area contributed by atoms with Gasteiger partial charge >= 0.3 is 0 Å². The molecule has 1 amide bonds. The molecule has 0 aromatic heterocycles. The van der Waals surface area contributed by atoms with Crippen LogP contribution in [0.4, 0.5) is 5.69 Å². The third-order valence-electron chi connectivity index (χ3n) is 3.83. The lowest BCUT2D eigenvalue weighted by molar-refractivity contribution is -0.123. The zero-order valence-electron chi connectivity index (χ0n) is 14.4. The number of nitriles is 1. The summed E-state index contributed by atoms with van der Waals surface area (Å²) < 4.78 is 0.346. The quantitative estimate of drug-likeness (QED) is 0.634. The summed E-state index contributed by atoms with van der Waals surface area (Å²) in [6, 6.07) is 8.58. The van der Waals surface area contributed by atoms with Gasteiger partial charge in [-0.25, -0.2) is 0 Å². The predicted octanol–water partition coefficient (Wildman–Crippen LogP) is 4.69. The van der Waals surface area contributed by atoms with E-state index in [2.05, 4.69) is 27.3 Å². The molecule has 0 bridgehead atoms. The van der Waals surface area contributed by atoms with E-state index in [1.807, 2.05) is 0 Å². The van der Waals surface area contributed by atoms with E-state index in [9.17, 15) is 20.3 Å². The number of nitrogens with zero attached hydrogens (tertiary/aromatic N) is 1. The van der Waals surface area contributed by atoms with E-state index in [0.717, 1.165) is 0 Å². The molecule has 0 aliphatic heterocycles. The van der Waals surface area contributed by atoms with E-state index in [1.54, 1.807) is 45.9 Å². The van der Waals surface area contributed by atoms with Crippen molar-refractivity contribution in [2.75, 3.05) is 5.32 Å². The molecule has 25 heavy (non-hydrogen) atoms. The second-order valence-electron chi connectivity index (χ2n) is 6.78. The Balaban J connectivity index is 2.71. The molecule has 0 atom stereocenters. The number of nitrogens with one attached hydrogen (secondary N) is 1. The average molecular weight is 403 g/mol. The van der Waals surface area contributed by atoms with E-state index < -0.39 is 5.41 Å². The number of hydrogen-bond donors (Lipinski definition) is 3. The number of aromatic hydroxyl groups is 2. The number of hydrogen-bond acceptors (Lipinski definition) is 4. The first-order valence-electron chi connectivity index (χ1n) is 7.64. The molecule has 2 aromatic carbocycles. The molecule has 0 unspecified atom stereocenters. The summed E-state index contributed by atoms with van der Waals surface area (Å²) in [7, 11) is 0. The Morgan fingerprint density at radius 3 is 2.44 bits per heavy atom. The lowest BCUT2D eigenvalue weighted by Gasteiger charge is -2.21. The molecule has 0 radical (unpaired) electrons. The summed E-state index contributed by atoms with van der Waals surface area (Å²) in [5.41, 5.74) is 1.39. The molecule has 0 aliphatic carbocycles. The SMILES string of the molecule is Cc1c(C#N)c(NC(=O)C(C)(C)C)c(O)c(Br)c1-c1cccc(O)c1. The zero-order valence-corrected chi connectivity index (χ0v) is 16.0. The third kappa shape index (κ3) is 3.62. The zero-order chi connectivity index (χ0) is 18.9. The average Bonchev–Trinajstić information content (AvgIpc) is 2.52. The van der Waals surface area contributed by atoms with Gasteiger partial charge in [-0.3, -0.25) is 4.79 Å². The number of amides is 1. The van der Waals surface area contributed by atoms with Crippen LogP contribution in [0.25, 0.3) is 11.1 Å². The largest absolute Gasteiger partial charge is 0.508 e. The van der Waals surface area contributed by atoms with Crippen LogP contribution in [0.2, 0.25) is 0 Å². The topological polar surface area (TPSA) is 93.4 Å². The van der Waals surface area contributed by atoms with E-state index in [1.165, 1.54) is 6.07 Å². The maximum atomic E-state index is 12.3. The molecule has 2 aromatic rings. The van der Waals surface area contributed by atoms with E-state index in [-0.39, 0.29) is 28.7 Å². The standard InChI is InChI=1S/C19H19BrN2O3/c1-10-13(9-21)16(22-18(25)19(2,3)4)17(24)15(20)14(10)11-6-5-7-12(23)8-11/h5-8,23-24H,1-4H3,(H,22,25).